The van der Waals surface area contributed by atoms with Crippen molar-refractivity contribution < 1.29 is 4.74 Å². The predicted molar refractivity (Wildman–Crippen MR) is 72.2 cm³/mol. The molecule has 3 N–H and O–H groups in total. The van der Waals surface area contributed by atoms with E-state index in [-0.39, 0.29) is 0 Å². The van der Waals surface area contributed by atoms with E-state index in [4.69, 9.17) is 10.5 Å². The minimum atomic E-state index is 0.443. The van der Waals surface area contributed by atoms with Crippen LogP contribution >= 0.6 is 0 Å². The van der Waals surface area contributed by atoms with Crippen LogP contribution in [0.2, 0.25) is 0 Å². The van der Waals surface area contributed by atoms with E-state index in [1.54, 1.807) is 7.11 Å². The van der Waals surface area contributed by atoms with Crippen LogP contribution in [0.5, 0.6) is 0 Å². The minimum Gasteiger partial charge on any atom is -0.383 e. The van der Waals surface area contributed by atoms with Gasteiger partial charge in [-0.05, 0) is 46.2 Å². The Bertz CT molecular complexity index is 197. The van der Waals surface area contributed by atoms with Gasteiger partial charge in [-0.15, -0.1) is 0 Å². The summed E-state index contributed by atoms with van der Waals surface area (Å²) in [5.41, 5.74) is 5.55. The molecule has 0 spiro atoms. The molecule has 1 fully saturated rings. The fourth-order valence-corrected chi connectivity index (χ4v) is 2.13. The van der Waals surface area contributed by atoms with Crippen LogP contribution in [-0.4, -0.2) is 56.9 Å². The highest BCUT2D eigenvalue weighted by Crippen LogP contribution is 2.26. The fourth-order valence-electron chi connectivity index (χ4n) is 2.13. The van der Waals surface area contributed by atoms with Gasteiger partial charge < -0.3 is 15.8 Å². The Morgan fingerprint density at radius 3 is 2.71 bits per heavy atom. The van der Waals surface area contributed by atoms with Gasteiger partial charge >= 0.3 is 0 Å². The maximum Gasteiger partial charge on any atom is 0.0615 e. The Labute approximate surface area is 106 Å². The highest BCUT2D eigenvalue weighted by Gasteiger charge is 2.29. The third-order valence-corrected chi connectivity index (χ3v) is 3.64. The summed E-state index contributed by atoms with van der Waals surface area (Å²) in [7, 11) is 3.99. The van der Waals surface area contributed by atoms with Crippen LogP contribution < -0.4 is 11.1 Å². The molecule has 0 aromatic carbocycles. The number of rotatable bonds is 10. The molecule has 0 amide bonds. The lowest BCUT2D eigenvalue weighted by atomic mass is 10.1. The van der Waals surface area contributed by atoms with Crippen molar-refractivity contribution in [3.63, 3.8) is 0 Å². The van der Waals surface area contributed by atoms with Crippen molar-refractivity contribution in [2.24, 2.45) is 5.73 Å². The van der Waals surface area contributed by atoms with Crippen LogP contribution in [-0.2, 0) is 4.74 Å². The van der Waals surface area contributed by atoms with Gasteiger partial charge in [0.25, 0.3) is 0 Å². The highest BCUT2D eigenvalue weighted by molar-refractivity contribution is 4.86. The molecule has 2 unspecified atom stereocenters. The zero-order chi connectivity index (χ0) is 12.7. The van der Waals surface area contributed by atoms with Crippen LogP contribution in [0.1, 0.15) is 32.6 Å². The Hall–Kier alpha value is -0.160. The number of methoxy groups -OCH3 is 1. The van der Waals surface area contributed by atoms with Crippen LogP contribution in [0.25, 0.3) is 0 Å². The summed E-state index contributed by atoms with van der Waals surface area (Å²) < 4.78 is 5.24. The maximum atomic E-state index is 5.55. The van der Waals surface area contributed by atoms with E-state index < -0.39 is 0 Å². The van der Waals surface area contributed by atoms with Gasteiger partial charge in [-0.25, -0.2) is 0 Å². The molecule has 4 nitrogen and oxygen atoms in total. The molecule has 0 aromatic heterocycles. The van der Waals surface area contributed by atoms with Crippen LogP contribution in [0.3, 0.4) is 0 Å². The largest absolute Gasteiger partial charge is 0.383 e. The first-order valence-electron chi connectivity index (χ1n) is 6.83. The van der Waals surface area contributed by atoms with Gasteiger partial charge in [0.1, 0.15) is 0 Å². The van der Waals surface area contributed by atoms with Crippen molar-refractivity contribution in [3.8, 4) is 0 Å². The summed E-state index contributed by atoms with van der Waals surface area (Å²) >= 11 is 0. The van der Waals surface area contributed by atoms with E-state index in [0.717, 1.165) is 38.6 Å². The number of nitrogens with zero attached hydrogens (tertiary/aromatic N) is 1. The summed E-state index contributed by atoms with van der Waals surface area (Å²) in [6.45, 7) is 4.86. The standard InChI is InChI=1S/C13H29N3O/c1-11(16(2)13-6-7-13)9-15-12(10-17-3)5-4-8-14/h11-13,15H,4-10,14H2,1-3H3. The number of ether oxygens (including phenoxy) is 1. The molecule has 0 saturated heterocycles. The number of hydrogen-bond acceptors (Lipinski definition) is 4. The molecule has 2 atom stereocenters. The molecular formula is C13H29N3O. The monoisotopic (exact) mass is 243 g/mol. The molecular weight excluding hydrogens is 214 g/mol. The van der Waals surface area contributed by atoms with Crippen molar-refractivity contribution >= 4 is 0 Å². The molecule has 0 radical (unpaired) electrons. The van der Waals surface area contributed by atoms with Gasteiger partial charge in [-0.1, -0.05) is 0 Å². The topological polar surface area (TPSA) is 50.5 Å². The van der Waals surface area contributed by atoms with E-state index in [2.05, 4.69) is 24.2 Å². The SMILES string of the molecule is COCC(CCCN)NCC(C)N(C)C1CC1. The second kappa shape index (κ2) is 8.03. The molecule has 4 heteroatoms. The van der Waals surface area contributed by atoms with E-state index in [9.17, 15) is 0 Å². The molecule has 1 rings (SSSR count). The number of likely N-dealkylation sites (N-methyl/N-ethyl adjacent to an activating group) is 1. The fraction of sp³-hybridized carbons (Fsp3) is 1.00. The van der Waals surface area contributed by atoms with Gasteiger partial charge in [0.2, 0.25) is 0 Å². The summed E-state index contributed by atoms with van der Waals surface area (Å²) in [4.78, 5) is 2.49. The second-order valence-electron chi connectivity index (χ2n) is 5.24. The molecule has 0 aromatic rings. The van der Waals surface area contributed by atoms with Gasteiger partial charge in [0.15, 0.2) is 0 Å². The van der Waals surface area contributed by atoms with E-state index >= 15 is 0 Å². The first-order valence-corrected chi connectivity index (χ1v) is 6.83. The number of nitrogens with one attached hydrogen (secondary N) is 1. The molecule has 17 heavy (non-hydrogen) atoms. The van der Waals surface area contributed by atoms with Gasteiger partial charge in [-0.3, -0.25) is 4.90 Å². The van der Waals surface area contributed by atoms with Crippen molar-refractivity contribution in [2.75, 3.05) is 33.9 Å². The molecule has 0 bridgehead atoms. The quantitative estimate of drug-likeness (QED) is 0.596. The lowest BCUT2D eigenvalue weighted by Gasteiger charge is -2.27. The lowest BCUT2D eigenvalue weighted by molar-refractivity contribution is 0.153. The third kappa shape index (κ3) is 5.82. The average molecular weight is 243 g/mol. The lowest BCUT2D eigenvalue weighted by Crippen LogP contribution is -2.44. The van der Waals surface area contributed by atoms with E-state index in [1.165, 1.54) is 12.8 Å². The molecule has 0 aliphatic heterocycles. The summed E-state index contributed by atoms with van der Waals surface area (Å²) in [5.74, 6) is 0. The van der Waals surface area contributed by atoms with E-state index in [1.807, 2.05) is 0 Å². The van der Waals surface area contributed by atoms with Crippen molar-refractivity contribution in [2.45, 2.75) is 50.7 Å². The number of hydrogen-bond donors (Lipinski definition) is 2. The highest BCUT2D eigenvalue weighted by atomic mass is 16.5. The Morgan fingerprint density at radius 2 is 2.18 bits per heavy atom. The van der Waals surface area contributed by atoms with Crippen LogP contribution in [0.15, 0.2) is 0 Å². The predicted octanol–water partition coefficient (Wildman–Crippen LogP) is 0.813. The normalized spacial score (nSPS) is 19.6. The Morgan fingerprint density at radius 1 is 1.47 bits per heavy atom. The second-order valence-corrected chi connectivity index (χ2v) is 5.24. The molecule has 1 aliphatic carbocycles. The molecule has 0 heterocycles. The van der Waals surface area contributed by atoms with Gasteiger partial charge in [-0.2, -0.15) is 0 Å². The zero-order valence-corrected chi connectivity index (χ0v) is 11.6. The molecule has 102 valence electrons. The van der Waals surface area contributed by atoms with Gasteiger partial charge in [0, 0.05) is 31.8 Å². The van der Waals surface area contributed by atoms with Crippen molar-refractivity contribution in [1.82, 2.24) is 10.2 Å². The smallest absolute Gasteiger partial charge is 0.0615 e. The van der Waals surface area contributed by atoms with Gasteiger partial charge in [0.05, 0.1) is 6.61 Å². The Kier molecular flexibility index (Phi) is 7.04. The molecule has 1 saturated carbocycles. The Balaban J connectivity index is 2.19. The maximum absolute atomic E-state index is 5.55. The minimum absolute atomic E-state index is 0.443. The average Bonchev–Trinajstić information content (AvgIpc) is 3.15. The zero-order valence-electron chi connectivity index (χ0n) is 11.6. The van der Waals surface area contributed by atoms with Crippen LogP contribution in [0.4, 0.5) is 0 Å². The van der Waals surface area contributed by atoms with Crippen LogP contribution in [0, 0.1) is 0 Å². The summed E-state index contributed by atoms with van der Waals surface area (Å²) in [6.07, 6.45) is 4.91. The van der Waals surface area contributed by atoms with Crippen molar-refractivity contribution in [1.29, 1.82) is 0 Å². The number of nitrogens with two attached hydrogens (primary N) is 1. The van der Waals surface area contributed by atoms with E-state index in [0.29, 0.717) is 12.1 Å². The molecule has 1 aliphatic rings. The third-order valence-electron chi connectivity index (χ3n) is 3.64. The van der Waals surface area contributed by atoms with Crippen molar-refractivity contribution in [3.05, 3.63) is 0 Å². The summed E-state index contributed by atoms with van der Waals surface area (Å²) in [6, 6.07) is 1.87. The first-order chi connectivity index (χ1) is 8.19. The summed E-state index contributed by atoms with van der Waals surface area (Å²) in [5, 5.41) is 3.60. The first kappa shape index (κ1) is 14.9.